The molecule has 0 aromatic carbocycles. The Bertz CT molecular complexity index is 434. The molecule has 0 bridgehead atoms. The largest absolute Gasteiger partial charge is 0.329 e. The second-order valence-corrected chi connectivity index (χ2v) is 3.84. The minimum absolute atomic E-state index is 0.193. The number of hydrogen-bond donors (Lipinski definition) is 2. The van der Waals surface area contributed by atoms with Crippen LogP contribution in [0.3, 0.4) is 0 Å². The number of carbonyl (C=O) groups is 3. The summed E-state index contributed by atoms with van der Waals surface area (Å²) in [5.41, 5.74) is -0.942. The first kappa shape index (κ1) is 10.5. The topological polar surface area (TPSA) is 78.5 Å². The second kappa shape index (κ2) is 3.52. The van der Waals surface area contributed by atoms with Crippen LogP contribution < -0.4 is 10.6 Å². The molecule has 4 amide bonds. The van der Waals surface area contributed by atoms with Crippen LogP contribution in [0.5, 0.6) is 0 Å². The van der Waals surface area contributed by atoms with Crippen LogP contribution in [0.15, 0.2) is 0 Å². The second-order valence-electron chi connectivity index (χ2n) is 3.84. The molecule has 0 radical (unpaired) electrons. The summed E-state index contributed by atoms with van der Waals surface area (Å²) in [6, 6.07) is -0.499. The number of rotatable bonds is 0. The van der Waals surface area contributed by atoms with Gasteiger partial charge in [0.15, 0.2) is 0 Å². The molecule has 0 aromatic rings. The molecule has 1 spiro atoms. The molecule has 0 aromatic heterocycles. The molecular weight excluding hydrogens is 210 g/mol. The predicted octanol–water partition coefficient (Wildman–Crippen LogP) is -1.18. The minimum atomic E-state index is -0.942. The first-order valence-corrected chi connectivity index (χ1v) is 4.93. The van der Waals surface area contributed by atoms with Gasteiger partial charge in [0.2, 0.25) is 0 Å². The number of urea groups is 1. The van der Waals surface area contributed by atoms with E-state index in [9.17, 15) is 14.4 Å². The van der Waals surface area contributed by atoms with E-state index in [4.69, 9.17) is 0 Å². The van der Waals surface area contributed by atoms with Crippen LogP contribution in [0.25, 0.3) is 0 Å². The summed E-state index contributed by atoms with van der Waals surface area (Å²) in [6.45, 7) is 2.20. The van der Waals surface area contributed by atoms with Gasteiger partial charge in [-0.3, -0.25) is 14.9 Å². The van der Waals surface area contributed by atoms with Crippen LogP contribution in [0.1, 0.15) is 13.3 Å². The van der Waals surface area contributed by atoms with Gasteiger partial charge in [0, 0.05) is 6.54 Å². The maximum atomic E-state index is 11.6. The monoisotopic (exact) mass is 221 g/mol. The Morgan fingerprint density at radius 1 is 1.50 bits per heavy atom. The smallest absolute Gasteiger partial charge is 0.322 e. The Morgan fingerprint density at radius 2 is 2.25 bits per heavy atom. The lowest BCUT2D eigenvalue weighted by molar-refractivity contribution is -0.125. The molecule has 1 unspecified atom stereocenters. The number of carbonyl (C=O) groups excluding carboxylic acids is 3. The molecule has 16 heavy (non-hydrogen) atoms. The van der Waals surface area contributed by atoms with E-state index >= 15 is 0 Å². The highest BCUT2D eigenvalue weighted by atomic mass is 16.2. The van der Waals surface area contributed by atoms with Gasteiger partial charge in [-0.25, -0.2) is 4.79 Å². The van der Waals surface area contributed by atoms with Crippen molar-refractivity contribution >= 4 is 17.8 Å². The predicted molar refractivity (Wildman–Crippen MR) is 54.1 cm³/mol. The molecule has 6 heteroatoms. The van der Waals surface area contributed by atoms with Gasteiger partial charge in [-0.15, -0.1) is 0 Å². The van der Waals surface area contributed by atoms with Gasteiger partial charge in [-0.2, -0.15) is 0 Å². The highest BCUT2D eigenvalue weighted by Crippen LogP contribution is 2.24. The lowest BCUT2D eigenvalue weighted by Crippen LogP contribution is -2.49. The molecule has 2 rings (SSSR count). The fourth-order valence-corrected chi connectivity index (χ4v) is 1.98. The fourth-order valence-electron chi connectivity index (χ4n) is 1.98. The molecule has 6 nitrogen and oxygen atoms in total. The van der Waals surface area contributed by atoms with Crippen molar-refractivity contribution in [2.75, 3.05) is 13.1 Å². The third-order valence-electron chi connectivity index (χ3n) is 2.80. The number of hydrogen-bond acceptors (Lipinski definition) is 3. The van der Waals surface area contributed by atoms with Gasteiger partial charge in [-0.05, 0) is 19.3 Å². The van der Waals surface area contributed by atoms with Crippen LogP contribution in [0.2, 0.25) is 0 Å². The molecule has 0 aliphatic carbocycles. The van der Waals surface area contributed by atoms with Gasteiger partial charge >= 0.3 is 6.03 Å². The number of amides is 4. The van der Waals surface area contributed by atoms with Crippen molar-refractivity contribution < 1.29 is 14.4 Å². The average molecular weight is 221 g/mol. The van der Waals surface area contributed by atoms with Crippen LogP contribution >= 0.6 is 0 Å². The zero-order chi connectivity index (χ0) is 11.8. The van der Waals surface area contributed by atoms with Gasteiger partial charge in [-0.1, -0.05) is 5.92 Å². The van der Waals surface area contributed by atoms with Crippen molar-refractivity contribution in [3.8, 4) is 11.8 Å². The van der Waals surface area contributed by atoms with E-state index in [2.05, 4.69) is 22.5 Å². The molecule has 2 aliphatic rings. The summed E-state index contributed by atoms with van der Waals surface area (Å²) in [5.74, 6) is 4.25. The third kappa shape index (κ3) is 1.50. The number of nitrogens with one attached hydrogen (secondary N) is 2. The summed E-state index contributed by atoms with van der Waals surface area (Å²) in [6.07, 6.45) is 0.432. The summed E-state index contributed by atoms with van der Waals surface area (Å²) >= 11 is 0. The first-order chi connectivity index (χ1) is 7.57. The molecule has 2 aliphatic heterocycles. The van der Waals surface area contributed by atoms with E-state index in [1.54, 1.807) is 6.92 Å². The van der Waals surface area contributed by atoms with Crippen molar-refractivity contribution in [2.24, 2.45) is 0 Å². The fraction of sp³-hybridized carbons (Fsp3) is 0.500. The van der Waals surface area contributed by atoms with Crippen LogP contribution in [0.4, 0.5) is 4.79 Å². The van der Waals surface area contributed by atoms with E-state index in [0.717, 1.165) is 0 Å². The first-order valence-electron chi connectivity index (χ1n) is 4.93. The van der Waals surface area contributed by atoms with E-state index in [-0.39, 0.29) is 18.4 Å². The minimum Gasteiger partial charge on any atom is -0.329 e. The highest BCUT2D eigenvalue weighted by molar-refractivity contribution is 6.08. The van der Waals surface area contributed by atoms with Gasteiger partial charge in [0.1, 0.15) is 5.54 Å². The van der Waals surface area contributed by atoms with Gasteiger partial charge in [0.05, 0.1) is 6.54 Å². The Kier molecular flexibility index (Phi) is 2.31. The maximum Gasteiger partial charge on any atom is 0.322 e. The maximum absolute atomic E-state index is 11.6. The quantitative estimate of drug-likeness (QED) is 0.399. The lowest BCUT2D eigenvalue weighted by atomic mass is 10.00. The molecule has 1 atom stereocenters. The van der Waals surface area contributed by atoms with Crippen LogP contribution in [-0.4, -0.2) is 41.4 Å². The van der Waals surface area contributed by atoms with Crippen LogP contribution in [-0.2, 0) is 9.59 Å². The number of imide groups is 1. The van der Waals surface area contributed by atoms with Crippen molar-refractivity contribution in [2.45, 2.75) is 18.9 Å². The Morgan fingerprint density at radius 3 is 2.81 bits per heavy atom. The zero-order valence-corrected chi connectivity index (χ0v) is 8.79. The molecule has 2 fully saturated rings. The van der Waals surface area contributed by atoms with E-state index in [0.29, 0.717) is 13.0 Å². The molecule has 84 valence electrons. The van der Waals surface area contributed by atoms with E-state index < -0.39 is 11.6 Å². The van der Waals surface area contributed by atoms with Crippen molar-refractivity contribution in [3.05, 3.63) is 0 Å². The molecule has 2 N–H and O–H groups in total. The third-order valence-corrected chi connectivity index (χ3v) is 2.80. The van der Waals surface area contributed by atoms with E-state index in [1.807, 2.05) is 0 Å². The lowest BCUT2D eigenvalue weighted by Gasteiger charge is -2.19. The number of nitrogens with zero attached hydrogens (tertiary/aromatic N) is 1. The molecule has 2 heterocycles. The van der Waals surface area contributed by atoms with Gasteiger partial charge < -0.3 is 10.2 Å². The standard InChI is InChI=1S/C10H11N3O3/c1-2-3-7(14)13-5-4-10(6-13)8(15)11-9(16)12-10/h4-6H2,1H3,(H2,11,12,15,16). The normalized spacial score (nSPS) is 27.4. The van der Waals surface area contributed by atoms with E-state index in [1.165, 1.54) is 4.90 Å². The molecule has 2 saturated heterocycles. The van der Waals surface area contributed by atoms with Crippen molar-refractivity contribution in [1.29, 1.82) is 0 Å². The Hall–Kier alpha value is -2.03. The summed E-state index contributed by atoms with van der Waals surface area (Å²) in [5, 5.41) is 4.74. The molecular formula is C10H11N3O3. The van der Waals surface area contributed by atoms with Gasteiger partial charge in [0.25, 0.3) is 11.8 Å². The highest BCUT2D eigenvalue weighted by Gasteiger charge is 2.51. The molecule has 0 saturated carbocycles. The Labute approximate surface area is 92.4 Å². The SMILES string of the molecule is CC#CC(=O)N1CCC2(C1)NC(=O)NC2=O. The average Bonchev–Trinajstić information content (AvgIpc) is 2.74. The Balaban J connectivity index is 2.12. The van der Waals surface area contributed by atoms with Crippen LogP contribution in [0, 0.1) is 11.8 Å². The zero-order valence-electron chi connectivity index (χ0n) is 8.79. The van der Waals surface area contributed by atoms with Crippen molar-refractivity contribution in [3.63, 3.8) is 0 Å². The number of likely N-dealkylation sites (tertiary alicyclic amines) is 1. The van der Waals surface area contributed by atoms with Crippen molar-refractivity contribution in [1.82, 2.24) is 15.5 Å². The summed E-state index contributed by atoms with van der Waals surface area (Å²) < 4.78 is 0. The summed E-state index contributed by atoms with van der Waals surface area (Å²) in [4.78, 5) is 35.6. The summed E-state index contributed by atoms with van der Waals surface area (Å²) in [7, 11) is 0.